The molecule has 7 nitrogen and oxygen atoms in total. The zero-order valence-corrected chi connectivity index (χ0v) is 15.5. The highest BCUT2D eigenvalue weighted by Crippen LogP contribution is 2.34. The van der Waals surface area contributed by atoms with Crippen molar-refractivity contribution in [2.45, 2.75) is 6.42 Å². The highest BCUT2D eigenvalue weighted by atomic mass is 127. The summed E-state index contributed by atoms with van der Waals surface area (Å²) in [7, 11) is 0. The summed E-state index contributed by atoms with van der Waals surface area (Å²) < 4.78 is 20.4. The van der Waals surface area contributed by atoms with Crippen LogP contribution in [0.5, 0.6) is 5.75 Å². The van der Waals surface area contributed by atoms with Crippen LogP contribution in [0.25, 0.3) is 0 Å². The summed E-state index contributed by atoms with van der Waals surface area (Å²) in [6.45, 7) is -0.0147. The quantitative estimate of drug-likeness (QED) is 0.538. The molecule has 26 heavy (non-hydrogen) atoms. The van der Waals surface area contributed by atoms with Crippen LogP contribution in [0.4, 0.5) is 15.8 Å². The maximum absolute atomic E-state index is 14.6. The van der Waals surface area contributed by atoms with E-state index in [9.17, 15) is 19.2 Å². The molecule has 0 saturated carbocycles. The molecule has 0 aliphatic carbocycles. The molecule has 0 saturated heterocycles. The van der Waals surface area contributed by atoms with E-state index in [0.717, 1.165) is 0 Å². The van der Waals surface area contributed by atoms with E-state index in [1.54, 1.807) is 46.9 Å². The van der Waals surface area contributed by atoms with Crippen LogP contribution in [-0.4, -0.2) is 18.4 Å². The van der Waals surface area contributed by atoms with Gasteiger partial charge in [-0.25, -0.2) is 4.39 Å². The molecule has 0 radical (unpaired) electrons. The third-order valence-electron chi connectivity index (χ3n) is 3.35. The van der Waals surface area contributed by atoms with Crippen molar-refractivity contribution >= 4 is 45.8 Å². The van der Waals surface area contributed by atoms with E-state index in [2.05, 4.69) is 5.32 Å². The lowest BCUT2D eigenvalue weighted by Gasteiger charge is -2.15. The van der Waals surface area contributed by atoms with Crippen molar-refractivity contribution in [2.75, 3.05) is 11.9 Å². The van der Waals surface area contributed by atoms with E-state index in [4.69, 9.17) is 16.2 Å². The molecular weight excluding hydrogens is 454 g/mol. The van der Waals surface area contributed by atoms with Gasteiger partial charge >= 0.3 is 0 Å². The summed E-state index contributed by atoms with van der Waals surface area (Å²) in [6.07, 6.45) is -0.0252. The van der Waals surface area contributed by atoms with E-state index < -0.39 is 17.6 Å². The molecule has 2 amide bonds. The van der Waals surface area contributed by atoms with Crippen LogP contribution in [-0.2, 0) is 4.79 Å². The van der Waals surface area contributed by atoms with Gasteiger partial charge in [0.05, 0.1) is 33.5 Å². The first-order valence-electron chi connectivity index (χ1n) is 7.34. The van der Waals surface area contributed by atoms with Gasteiger partial charge in [0.25, 0.3) is 5.91 Å². The molecule has 0 heterocycles. The van der Waals surface area contributed by atoms with Gasteiger partial charge in [-0.2, -0.15) is 5.26 Å². The Hall–Kier alpha value is -2.87. The number of carbonyl (C=O) groups is 2. The number of nitriles is 1. The Bertz CT molecular complexity index is 912. The van der Waals surface area contributed by atoms with Gasteiger partial charge in [0.15, 0.2) is 5.82 Å². The van der Waals surface area contributed by atoms with E-state index >= 15 is 0 Å². The molecule has 0 aromatic heterocycles. The molecule has 0 unspecified atom stereocenters. The number of carbonyl (C=O) groups excluding carboxylic acids is 2. The summed E-state index contributed by atoms with van der Waals surface area (Å²) >= 11 is 1.78. The van der Waals surface area contributed by atoms with Crippen molar-refractivity contribution in [3.8, 4) is 11.8 Å². The Balaban J connectivity index is 2.44. The first-order chi connectivity index (χ1) is 12.3. The van der Waals surface area contributed by atoms with Crippen molar-refractivity contribution in [1.82, 2.24) is 0 Å². The standard InChI is InChI=1S/C17H14FIN4O3/c18-15-10(8-20)16(19)13(26-6-5-14(21)24)7-12(15)23-11-4-2-1-3-9(11)17(22)25/h1-4,7,23H,5-6H2,(H2,21,24)(H2,22,25). The second-order valence-corrected chi connectivity index (χ2v) is 6.22. The first-order valence-corrected chi connectivity index (χ1v) is 8.42. The summed E-state index contributed by atoms with van der Waals surface area (Å²) in [4.78, 5) is 22.3. The molecule has 0 spiro atoms. The number of ether oxygens (including phenoxy) is 1. The van der Waals surface area contributed by atoms with Crippen LogP contribution in [0.2, 0.25) is 0 Å². The van der Waals surface area contributed by atoms with Crippen molar-refractivity contribution < 1.29 is 18.7 Å². The molecule has 134 valence electrons. The molecule has 0 fully saturated rings. The Morgan fingerprint density at radius 3 is 2.58 bits per heavy atom. The van der Waals surface area contributed by atoms with Gasteiger partial charge in [0.1, 0.15) is 17.4 Å². The molecule has 0 bridgehead atoms. The number of benzene rings is 2. The minimum absolute atomic E-state index is 0.0147. The number of hydrogen-bond donors (Lipinski definition) is 3. The van der Waals surface area contributed by atoms with Gasteiger partial charge in [-0.1, -0.05) is 12.1 Å². The molecule has 0 atom stereocenters. The summed E-state index contributed by atoms with van der Waals surface area (Å²) in [5, 5.41) is 12.0. The molecule has 0 aliphatic heterocycles. The predicted molar refractivity (Wildman–Crippen MR) is 101 cm³/mol. The number of hydrogen-bond acceptors (Lipinski definition) is 5. The Labute approximate surface area is 162 Å². The summed E-state index contributed by atoms with van der Waals surface area (Å²) in [6, 6.07) is 9.44. The molecule has 5 N–H and O–H groups in total. The summed E-state index contributed by atoms with van der Waals surface area (Å²) in [5.74, 6) is -1.81. The molecule has 9 heteroatoms. The normalized spacial score (nSPS) is 10.0. The van der Waals surface area contributed by atoms with Crippen LogP contribution in [0.3, 0.4) is 0 Å². The molecular formula is C17H14FIN4O3. The van der Waals surface area contributed by atoms with E-state index in [1.165, 1.54) is 12.1 Å². The lowest BCUT2D eigenvalue weighted by Crippen LogP contribution is -2.15. The fraction of sp³-hybridized carbons (Fsp3) is 0.118. The van der Waals surface area contributed by atoms with E-state index in [1.807, 2.05) is 0 Å². The number of anilines is 2. The fourth-order valence-corrected chi connectivity index (χ4v) is 2.79. The first kappa shape index (κ1) is 19.5. The molecule has 2 aromatic rings. The Morgan fingerprint density at radius 2 is 1.96 bits per heavy atom. The second kappa shape index (κ2) is 8.48. The largest absolute Gasteiger partial charge is 0.492 e. The monoisotopic (exact) mass is 468 g/mol. The van der Waals surface area contributed by atoms with Crippen LogP contribution in [0.1, 0.15) is 22.3 Å². The predicted octanol–water partition coefficient (Wildman–Crippen LogP) is 2.40. The van der Waals surface area contributed by atoms with Crippen molar-refractivity contribution in [3.63, 3.8) is 0 Å². The van der Waals surface area contributed by atoms with E-state index in [-0.39, 0.29) is 44.8 Å². The van der Waals surface area contributed by atoms with Gasteiger partial charge in [-0.15, -0.1) is 0 Å². The minimum Gasteiger partial charge on any atom is -0.492 e. The van der Waals surface area contributed by atoms with Gasteiger partial charge in [0, 0.05) is 6.07 Å². The number of halogens is 2. The second-order valence-electron chi connectivity index (χ2n) is 5.14. The number of nitrogens with zero attached hydrogens (tertiary/aromatic N) is 1. The number of para-hydroxylation sites is 1. The summed E-state index contributed by atoms with van der Waals surface area (Å²) in [5.41, 5.74) is 10.5. The highest BCUT2D eigenvalue weighted by molar-refractivity contribution is 14.1. The van der Waals surface area contributed by atoms with Crippen LogP contribution >= 0.6 is 22.6 Å². The third-order valence-corrected chi connectivity index (χ3v) is 4.42. The average molecular weight is 468 g/mol. The lowest BCUT2D eigenvalue weighted by atomic mass is 10.1. The number of amides is 2. The molecule has 2 rings (SSSR count). The number of primary amides is 2. The van der Waals surface area contributed by atoms with Crippen molar-refractivity contribution in [2.24, 2.45) is 11.5 Å². The topological polar surface area (TPSA) is 131 Å². The highest BCUT2D eigenvalue weighted by Gasteiger charge is 2.19. The minimum atomic E-state index is -0.793. The van der Waals surface area contributed by atoms with Gasteiger partial charge in [-0.3, -0.25) is 9.59 Å². The van der Waals surface area contributed by atoms with Crippen molar-refractivity contribution in [3.05, 3.63) is 50.8 Å². The van der Waals surface area contributed by atoms with Gasteiger partial charge in [-0.05, 0) is 34.7 Å². The maximum Gasteiger partial charge on any atom is 0.250 e. The van der Waals surface area contributed by atoms with Crippen molar-refractivity contribution in [1.29, 1.82) is 5.26 Å². The zero-order valence-electron chi connectivity index (χ0n) is 13.4. The van der Waals surface area contributed by atoms with Crippen LogP contribution in [0.15, 0.2) is 30.3 Å². The van der Waals surface area contributed by atoms with Crippen LogP contribution in [0, 0.1) is 20.7 Å². The fourth-order valence-electron chi connectivity index (χ4n) is 2.12. The molecule has 2 aromatic carbocycles. The molecule has 0 aliphatic rings. The third kappa shape index (κ3) is 4.40. The SMILES string of the molecule is N#Cc1c(F)c(Nc2ccccc2C(N)=O)cc(OCCC(N)=O)c1I. The lowest BCUT2D eigenvalue weighted by molar-refractivity contribution is -0.118. The average Bonchev–Trinajstić information content (AvgIpc) is 2.59. The van der Waals surface area contributed by atoms with Crippen LogP contribution < -0.4 is 21.5 Å². The Kier molecular flexibility index (Phi) is 6.35. The zero-order chi connectivity index (χ0) is 19.3. The number of nitrogens with two attached hydrogens (primary N) is 2. The Morgan fingerprint density at radius 1 is 1.27 bits per heavy atom. The number of nitrogens with one attached hydrogen (secondary N) is 1. The van der Waals surface area contributed by atoms with E-state index in [0.29, 0.717) is 0 Å². The van der Waals surface area contributed by atoms with Gasteiger partial charge in [0.2, 0.25) is 5.91 Å². The smallest absolute Gasteiger partial charge is 0.250 e. The maximum atomic E-state index is 14.6. The van der Waals surface area contributed by atoms with Gasteiger partial charge < -0.3 is 21.5 Å². The number of rotatable bonds is 7.